The Kier molecular flexibility index (Phi) is 1.46. The van der Waals surface area contributed by atoms with E-state index in [0.717, 1.165) is 5.92 Å². The van der Waals surface area contributed by atoms with Crippen LogP contribution in [0, 0.1) is 11.8 Å². The molecule has 1 unspecified atom stereocenters. The standard InChI is InChI=1S/C8H14N/c1-2-8-4-6-9-5-3-7(1)8/h7,9H,1-6H2. The van der Waals surface area contributed by atoms with Crippen molar-refractivity contribution in [1.29, 1.82) is 0 Å². The van der Waals surface area contributed by atoms with Crippen LogP contribution < -0.4 is 5.32 Å². The summed E-state index contributed by atoms with van der Waals surface area (Å²) in [4.78, 5) is 0. The number of rotatable bonds is 0. The van der Waals surface area contributed by atoms with Crippen molar-refractivity contribution in [2.45, 2.75) is 25.7 Å². The minimum Gasteiger partial charge on any atom is -0.317 e. The van der Waals surface area contributed by atoms with Gasteiger partial charge >= 0.3 is 0 Å². The van der Waals surface area contributed by atoms with Gasteiger partial charge in [-0.3, -0.25) is 0 Å². The second-order valence-corrected chi connectivity index (χ2v) is 3.18. The van der Waals surface area contributed by atoms with Gasteiger partial charge in [-0.05, 0) is 50.6 Å². The number of hydrogen-bond donors (Lipinski definition) is 1. The highest BCUT2D eigenvalue weighted by Crippen LogP contribution is 2.41. The van der Waals surface area contributed by atoms with Gasteiger partial charge in [0.2, 0.25) is 0 Å². The van der Waals surface area contributed by atoms with Gasteiger partial charge in [0.25, 0.3) is 0 Å². The van der Waals surface area contributed by atoms with Crippen molar-refractivity contribution in [3.8, 4) is 0 Å². The van der Waals surface area contributed by atoms with Crippen LogP contribution in [0.3, 0.4) is 0 Å². The van der Waals surface area contributed by atoms with Crippen LogP contribution in [0.2, 0.25) is 0 Å². The molecular formula is C8H14N. The molecule has 2 fully saturated rings. The Morgan fingerprint density at radius 1 is 1.11 bits per heavy atom. The number of hydrogen-bond acceptors (Lipinski definition) is 1. The molecular weight excluding hydrogens is 110 g/mol. The van der Waals surface area contributed by atoms with Crippen molar-refractivity contribution in [3.05, 3.63) is 5.92 Å². The highest BCUT2D eigenvalue weighted by atomic mass is 14.9. The summed E-state index contributed by atoms with van der Waals surface area (Å²) in [6.07, 6.45) is 5.70. The lowest BCUT2D eigenvalue weighted by molar-refractivity contribution is 0.341. The molecule has 1 saturated heterocycles. The Balaban J connectivity index is 1.90. The van der Waals surface area contributed by atoms with E-state index in [9.17, 15) is 0 Å². The van der Waals surface area contributed by atoms with Crippen molar-refractivity contribution >= 4 is 0 Å². The van der Waals surface area contributed by atoms with Crippen molar-refractivity contribution in [1.82, 2.24) is 5.32 Å². The van der Waals surface area contributed by atoms with Gasteiger partial charge in [0.15, 0.2) is 0 Å². The molecule has 9 heavy (non-hydrogen) atoms. The van der Waals surface area contributed by atoms with Crippen LogP contribution in [0.4, 0.5) is 0 Å². The van der Waals surface area contributed by atoms with Crippen LogP contribution >= 0.6 is 0 Å². The SMILES string of the molecule is C1C[C]2CCC2CCN1. The van der Waals surface area contributed by atoms with E-state index in [4.69, 9.17) is 0 Å². The Labute approximate surface area is 56.8 Å². The zero-order chi connectivity index (χ0) is 6.10. The van der Waals surface area contributed by atoms with E-state index in [1.807, 2.05) is 5.92 Å². The zero-order valence-electron chi connectivity index (χ0n) is 5.82. The Morgan fingerprint density at radius 3 is 2.89 bits per heavy atom. The second-order valence-electron chi connectivity index (χ2n) is 3.18. The summed E-state index contributed by atoms with van der Waals surface area (Å²) in [6.45, 7) is 2.50. The molecule has 1 aliphatic heterocycles. The molecule has 2 aliphatic rings. The summed E-state index contributed by atoms with van der Waals surface area (Å²) >= 11 is 0. The molecule has 1 heteroatoms. The lowest BCUT2D eigenvalue weighted by atomic mass is 9.71. The fourth-order valence-corrected chi connectivity index (χ4v) is 1.88. The fourth-order valence-electron chi connectivity index (χ4n) is 1.88. The summed E-state index contributed by atoms with van der Waals surface area (Å²) in [7, 11) is 0. The Morgan fingerprint density at radius 2 is 2.11 bits per heavy atom. The molecule has 0 aromatic carbocycles. The summed E-state index contributed by atoms with van der Waals surface area (Å²) in [6, 6.07) is 0. The summed E-state index contributed by atoms with van der Waals surface area (Å²) in [5.41, 5.74) is 0. The van der Waals surface area contributed by atoms with Crippen LogP contribution in [0.5, 0.6) is 0 Å². The Hall–Kier alpha value is -0.0400. The van der Waals surface area contributed by atoms with Gasteiger partial charge in [0.05, 0.1) is 0 Å². The van der Waals surface area contributed by atoms with E-state index in [1.165, 1.54) is 38.8 Å². The smallest absolute Gasteiger partial charge is 0.00433 e. The molecule has 0 aromatic heterocycles. The monoisotopic (exact) mass is 124 g/mol. The summed E-state index contributed by atoms with van der Waals surface area (Å²) < 4.78 is 0. The van der Waals surface area contributed by atoms with E-state index in [1.54, 1.807) is 0 Å². The first-order valence-electron chi connectivity index (χ1n) is 4.02. The molecule has 1 nitrogen and oxygen atoms in total. The number of fused-ring (bicyclic) bond motifs is 1. The first-order valence-corrected chi connectivity index (χ1v) is 4.02. The quantitative estimate of drug-likeness (QED) is 0.514. The number of nitrogens with one attached hydrogen (secondary N) is 1. The third-order valence-electron chi connectivity index (χ3n) is 2.68. The van der Waals surface area contributed by atoms with Crippen molar-refractivity contribution < 1.29 is 0 Å². The molecule has 1 radical (unpaired) electrons. The highest BCUT2D eigenvalue weighted by Gasteiger charge is 2.31. The van der Waals surface area contributed by atoms with Gasteiger partial charge < -0.3 is 5.32 Å². The van der Waals surface area contributed by atoms with Gasteiger partial charge in [-0.2, -0.15) is 0 Å². The van der Waals surface area contributed by atoms with Crippen LogP contribution in [0.25, 0.3) is 0 Å². The van der Waals surface area contributed by atoms with Crippen molar-refractivity contribution in [2.24, 2.45) is 5.92 Å². The van der Waals surface area contributed by atoms with E-state index in [2.05, 4.69) is 5.32 Å². The molecule has 0 aromatic rings. The summed E-state index contributed by atoms with van der Waals surface area (Å²) in [5, 5.41) is 3.43. The third-order valence-corrected chi connectivity index (χ3v) is 2.68. The van der Waals surface area contributed by atoms with Crippen LogP contribution in [0.1, 0.15) is 25.7 Å². The van der Waals surface area contributed by atoms with Gasteiger partial charge in [-0.15, -0.1) is 0 Å². The van der Waals surface area contributed by atoms with E-state index < -0.39 is 0 Å². The third kappa shape index (κ3) is 0.983. The largest absolute Gasteiger partial charge is 0.317 e. The molecule has 51 valence electrons. The van der Waals surface area contributed by atoms with Crippen LogP contribution in [-0.4, -0.2) is 13.1 Å². The topological polar surface area (TPSA) is 12.0 Å². The second kappa shape index (κ2) is 2.30. The van der Waals surface area contributed by atoms with E-state index in [-0.39, 0.29) is 0 Å². The average Bonchev–Trinajstić information content (AvgIpc) is 1.94. The molecule has 0 amide bonds. The highest BCUT2D eigenvalue weighted by molar-refractivity contribution is 5.07. The zero-order valence-corrected chi connectivity index (χ0v) is 5.82. The lowest BCUT2D eigenvalue weighted by Crippen LogP contribution is -2.22. The van der Waals surface area contributed by atoms with Crippen LogP contribution in [0.15, 0.2) is 0 Å². The minimum atomic E-state index is 1.03. The minimum absolute atomic E-state index is 1.03. The van der Waals surface area contributed by atoms with Crippen molar-refractivity contribution in [3.63, 3.8) is 0 Å². The first-order chi connectivity index (χ1) is 4.47. The maximum absolute atomic E-state index is 3.43. The maximum Gasteiger partial charge on any atom is -0.00433 e. The van der Waals surface area contributed by atoms with Crippen molar-refractivity contribution in [2.75, 3.05) is 13.1 Å². The van der Waals surface area contributed by atoms with E-state index >= 15 is 0 Å². The predicted octanol–water partition coefficient (Wildman–Crippen LogP) is 1.35. The normalized spacial score (nSPS) is 36.7. The average molecular weight is 124 g/mol. The molecule has 1 aliphatic carbocycles. The molecule has 1 atom stereocenters. The lowest BCUT2D eigenvalue weighted by Gasteiger charge is -2.34. The predicted molar refractivity (Wildman–Crippen MR) is 38.1 cm³/mol. The molecule has 1 saturated carbocycles. The van der Waals surface area contributed by atoms with E-state index in [0.29, 0.717) is 0 Å². The molecule has 0 spiro atoms. The van der Waals surface area contributed by atoms with Gasteiger partial charge in [-0.1, -0.05) is 0 Å². The molecule has 1 heterocycles. The Bertz CT molecular complexity index is 88.7. The van der Waals surface area contributed by atoms with Gasteiger partial charge in [-0.25, -0.2) is 0 Å². The van der Waals surface area contributed by atoms with Gasteiger partial charge in [0, 0.05) is 0 Å². The first kappa shape index (κ1) is 5.72. The summed E-state index contributed by atoms with van der Waals surface area (Å²) in [5.74, 6) is 2.88. The maximum atomic E-state index is 3.43. The molecule has 1 N–H and O–H groups in total. The molecule has 2 rings (SSSR count). The van der Waals surface area contributed by atoms with Gasteiger partial charge in [0.1, 0.15) is 0 Å². The van der Waals surface area contributed by atoms with Crippen LogP contribution in [-0.2, 0) is 0 Å². The fraction of sp³-hybridized carbons (Fsp3) is 0.875. The molecule has 0 bridgehead atoms.